The van der Waals surface area contributed by atoms with E-state index >= 15 is 0 Å². The topological polar surface area (TPSA) is 81.9 Å². The van der Waals surface area contributed by atoms with E-state index in [9.17, 15) is 14.9 Å². The molecule has 0 spiro atoms. The Balaban J connectivity index is 2.40. The molecule has 2 rings (SSSR count). The van der Waals surface area contributed by atoms with Crippen LogP contribution in [0.4, 0.5) is 16.2 Å². The van der Waals surface area contributed by atoms with Crippen LogP contribution in [-0.2, 0) is 4.74 Å². The fourth-order valence-electron chi connectivity index (χ4n) is 1.62. The highest BCUT2D eigenvalue weighted by molar-refractivity contribution is 5.90. The van der Waals surface area contributed by atoms with Crippen molar-refractivity contribution in [1.82, 2.24) is 0 Å². The van der Waals surface area contributed by atoms with E-state index in [1.54, 1.807) is 6.07 Å². The van der Waals surface area contributed by atoms with Crippen LogP contribution in [0, 0.1) is 10.1 Å². The second kappa shape index (κ2) is 4.28. The molecule has 0 aromatic heterocycles. The molecule has 0 N–H and O–H groups in total. The first kappa shape index (κ1) is 11.2. The number of cyclic esters (lactones) is 1. The Morgan fingerprint density at radius 2 is 2.29 bits per heavy atom. The van der Waals surface area contributed by atoms with Crippen LogP contribution in [-0.4, -0.2) is 31.3 Å². The molecule has 1 aromatic rings. The number of hydrogen-bond acceptors (Lipinski definition) is 5. The van der Waals surface area contributed by atoms with E-state index in [0.29, 0.717) is 18.8 Å². The Kier molecular flexibility index (Phi) is 2.82. The number of anilines is 1. The van der Waals surface area contributed by atoms with Crippen LogP contribution >= 0.6 is 0 Å². The number of ether oxygens (including phenoxy) is 2. The monoisotopic (exact) mass is 238 g/mol. The highest BCUT2D eigenvalue weighted by Gasteiger charge is 2.26. The van der Waals surface area contributed by atoms with Crippen LogP contribution in [0.3, 0.4) is 0 Å². The maximum absolute atomic E-state index is 11.3. The molecular formula is C10H10N2O5. The average molecular weight is 238 g/mol. The number of benzene rings is 1. The molecule has 1 aliphatic rings. The molecule has 0 aliphatic carbocycles. The lowest BCUT2D eigenvalue weighted by molar-refractivity contribution is -0.385. The summed E-state index contributed by atoms with van der Waals surface area (Å²) in [5.41, 5.74) is 0.254. The summed E-state index contributed by atoms with van der Waals surface area (Å²) >= 11 is 0. The summed E-state index contributed by atoms with van der Waals surface area (Å²) < 4.78 is 9.64. The van der Waals surface area contributed by atoms with Crippen molar-refractivity contribution in [1.29, 1.82) is 0 Å². The van der Waals surface area contributed by atoms with Crippen LogP contribution in [0.25, 0.3) is 0 Å². The second-order valence-corrected chi connectivity index (χ2v) is 3.38. The van der Waals surface area contributed by atoms with Crippen LogP contribution < -0.4 is 9.64 Å². The Hall–Kier alpha value is -2.31. The maximum atomic E-state index is 11.3. The molecule has 0 bridgehead atoms. The van der Waals surface area contributed by atoms with Gasteiger partial charge in [-0.15, -0.1) is 0 Å². The molecule has 1 heterocycles. The van der Waals surface area contributed by atoms with Crippen molar-refractivity contribution in [3.63, 3.8) is 0 Å². The first-order chi connectivity index (χ1) is 8.13. The third-order valence-electron chi connectivity index (χ3n) is 2.43. The predicted molar refractivity (Wildman–Crippen MR) is 58.3 cm³/mol. The molecule has 0 unspecified atom stereocenters. The molecular weight excluding hydrogens is 228 g/mol. The van der Waals surface area contributed by atoms with Crippen molar-refractivity contribution in [2.45, 2.75) is 0 Å². The zero-order valence-electron chi connectivity index (χ0n) is 9.08. The molecule has 1 saturated heterocycles. The van der Waals surface area contributed by atoms with Crippen molar-refractivity contribution < 1.29 is 19.2 Å². The molecule has 0 saturated carbocycles. The van der Waals surface area contributed by atoms with Gasteiger partial charge in [0, 0.05) is 6.07 Å². The van der Waals surface area contributed by atoms with Crippen molar-refractivity contribution >= 4 is 17.5 Å². The van der Waals surface area contributed by atoms with Crippen LogP contribution in [0.15, 0.2) is 18.2 Å². The standard InChI is InChI=1S/C10H10N2O5/c1-16-9-3-2-7(6-8(9)12(14)15)11-4-5-17-10(11)13/h2-3,6H,4-5H2,1H3. The third kappa shape index (κ3) is 1.99. The predicted octanol–water partition coefficient (Wildman–Crippen LogP) is 1.56. The molecule has 1 aromatic carbocycles. The zero-order chi connectivity index (χ0) is 12.4. The Morgan fingerprint density at radius 3 is 2.82 bits per heavy atom. The van der Waals surface area contributed by atoms with E-state index in [-0.39, 0.29) is 11.4 Å². The van der Waals surface area contributed by atoms with Crippen molar-refractivity contribution in [3.8, 4) is 5.75 Å². The molecule has 90 valence electrons. The number of nitro groups is 1. The van der Waals surface area contributed by atoms with E-state index in [4.69, 9.17) is 9.47 Å². The summed E-state index contributed by atoms with van der Waals surface area (Å²) in [5, 5.41) is 10.8. The smallest absolute Gasteiger partial charge is 0.414 e. The van der Waals surface area contributed by atoms with Gasteiger partial charge in [-0.2, -0.15) is 0 Å². The quantitative estimate of drug-likeness (QED) is 0.589. The number of hydrogen-bond donors (Lipinski definition) is 0. The lowest BCUT2D eigenvalue weighted by Gasteiger charge is -2.12. The third-order valence-corrected chi connectivity index (χ3v) is 2.43. The van der Waals surface area contributed by atoms with Gasteiger partial charge in [-0.3, -0.25) is 15.0 Å². The number of rotatable bonds is 3. The minimum absolute atomic E-state index is 0.159. The van der Waals surface area contributed by atoms with Gasteiger partial charge in [0.15, 0.2) is 5.75 Å². The molecule has 1 aliphatic heterocycles. The van der Waals surface area contributed by atoms with Crippen LogP contribution in [0.5, 0.6) is 5.75 Å². The number of nitrogens with zero attached hydrogens (tertiary/aromatic N) is 2. The highest BCUT2D eigenvalue weighted by atomic mass is 16.6. The lowest BCUT2D eigenvalue weighted by Crippen LogP contribution is -2.23. The summed E-state index contributed by atoms with van der Waals surface area (Å²) in [5.74, 6) is 0.159. The van der Waals surface area contributed by atoms with Crippen LogP contribution in [0.2, 0.25) is 0 Å². The van der Waals surface area contributed by atoms with Crippen LogP contribution in [0.1, 0.15) is 0 Å². The number of carbonyl (C=O) groups is 1. The summed E-state index contributed by atoms with van der Waals surface area (Å²) in [6.07, 6.45) is -0.496. The summed E-state index contributed by atoms with van der Waals surface area (Å²) in [4.78, 5) is 22.9. The van der Waals surface area contributed by atoms with E-state index in [0.717, 1.165) is 0 Å². The zero-order valence-corrected chi connectivity index (χ0v) is 9.08. The Morgan fingerprint density at radius 1 is 1.53 bits per heavy atom. The minimum atomic E-state index is -0.552. The minimum Gasteiger partial charge on any atom is -0.490 e. The van der Waals surface area contributed by atoms with Crippen molar-refractivity contribution in [2.24, 2.45) is 0 Å². The number of methoxy groups -OCH3 is 1. The van der Waals surface area contributed by atoms with Gasteiger partial charge in [-0.05, 0) is 12.1 Å². The van der Waals surface area contributed by atoms with E-state index in [1.807, 2.05) is 0 Å². The average Bonchev–Trinajstić information content (AvgIpc) is 2.74. The molecule has 0 atom stereocenters. The van der Waals surface area contributed by atoms with E-state index in [2.05, 4.69) is 0 Å². The Labute approximate surface area is 96.7 Å². The van der Waals surface area contributed by atoms with Gasteiger partial charge in [-0.25, -0.2) is 4.79 Å². The van der Waals surface area contributed by atoms with Gasteiger partial charge in [0.1, 0.15) is 6.61 Å². The Bertz CT molecular complexity index is 474. The molecule has 7 heteroatoms. The normalized spacial score (nSPS) is 14.6. The highest BCUT2D eigenvalue weighted by Crippen LogP contribution is 2.32. The van der Waals surface area contributed by atoms with Gasteiger partial charge in [0.25, 0.3) is 0 Å². The molecule has 1 fully saturated rings. The first-order valence-corrected chi connectivity index (χ1v) is 4.90. The van der Waals surface area contributed by atoms with Gasteiger partial charge in [-0.1, -0.05) is 0 Å². The summed E-state index contributed by atoms with van der Waals surface area (Å²) in [6, 6.07) is 4.34. The fraction of sp³-hybridized carbons (Fsp3) is 0.300. The number of carbonyl (C=O) groups excluding carboxylic acids is 1. The first-order valence-electron chi connectivity index (χ1n) is 4.90. The molecule has 0 radical (unpaired) electrons. The van der Waals surface area contributed by atoms with E-state index < -0.39 is 11.0 Å². The van der Waals surface area contributed by atoms with Gasteiger partial charge in [0.2, 0.25) is 0 Å². The fourth-order valence-corrected chi connectivity index (χ4v) is 1.62. The largest absolute Gasteiger partial charge is 0.490 e. The maximum Gasteiger partial charge on any atom is 0.414 e. The lowest BCUT2D eigenvalue weighted by atomic mass is 10.2. The summed E-state index contributed by atoms with van der Waals surface area (Å²) in [6.45, 7) is 0.682. The molecule has 1 amide bonds. The SMILES string of the molecule is COc1ccc(N2CCOC2=O)cc1[N+](=O)[O-]. The van der Waals surface area contributed by atoms with Crippen molar-refractivity contribution in [3.05, 3.63) is 28.3 Å². The van der Waals surface area contributed by atoms with Crippen molar-refractivity contribution in [2.75, 3.05) is 25.2 Å². The second-order valence-electron chi connectivity index (χ2n) is 3.38. The van der Waals surface area contributed by atoms with Gasteiger partial charge in [0.05, 0.1) is 24.3 Å². The summed E-state index contributed by atoms with van der Waals surface area (Å²) in [7, 11) is 1.35. The number of nitro benzene ring substituents is 1. The molecule has 17 heavy (non-hydrogen) atoms. The van der Waals surface area contributed by atoms with Gasteiger partial charge < -0.3 is 9.47 Å². The van der Waals surface area contributed by atoms with Gasteiger partial charge >= 0.3 is 11.8 Å². The molecule has 7 nitrogen and oxygen atoms in total. The number of amides is 1. The van der Waals surface area contributed by atoms with E-state index in [1.165, 1.54) is 24.1 Å².